The average Bonchev–Trinajstić information content (AvgIpc) is 2.18. The molecule has 0 spiro atoms. The van der Waals surface area contributed by atoms with E-state index in [-0.39, 0.29) is 18.7 Å². The van der Waals surface area contributed by atoms with Crippen LogP contribution in [-0.2, 0) is 9.47 Å². The predicted molar refractivity (Wildman–Crippen MR) is 52.2 cm³/mol. The summed E-state index contributed by atoms with van der Waals surface area (Å²) in [6.45, 7) is 2.05. The van der Waals surface area contributed by atoms with Crippen molar-refractivity contribution in [3.63, 3.8) is 0 Å². The Kier molecular flexibility index (Phi) is 4.56. The fraction of sp³-hybridized carbons (Fsp3) is 0.364. The van der Waals surface area contributed by atoms with Gasteiger partial charge in [-0.15, -0.1) is 0 Å². The van der Waals surface area contributed by atoms with Gasteiger partial charge in [0.2, 0.25) is 0 Å². The second-order valence-corrected chi connectivity index (χ2v) is 2.97. The zero-order valence-electron chi connectivity index (χ0n) is 8.37. The Morgan fingerprint density at radius 2 is 2.14 bits per heavy atom. The maximum Gasteiger partial charge on any atom is 0.146 e. The summed E-state index contributed by atoms with van der Waals surface area (Å²) in [5, 5.41) is 0. The van der Waals surface area contributed by atoms with Crippen molar-refractivity contribution in [1.82, 2.24) is 0 Å². The third-order valence-corrected chi connectivity index (χ3v) is 1.77. The monoisotopic (exact) mass is 197 g/mol. The van der Waals surface area contributed by atoms with E-state index in [0.717, 1.165) is 0 Å². The van der Waals surface area contributed by atoms with Gasteiger partial charge in [-0.05, 0) is 18.6 Å². The molecule has 0 aliphatic heterocycles. The van der Waals surface area contributed by atoms with Crippen molar-refractivity contribution in [1.29, 1.82) is 0 Å². The number of hydrogen-bond donors (Lipinski definition) is 0. The highest BCUT2D eigenvalue weighted by molar-refractivity contribution is 5.25. The minimum atomic E-state index is -0.236. The lowest BCUT2D eigenvalue weighted by Crippen LogP contribution is -2.12. The van der Waals surface area contributed by atoms with Crippen molar-refractivity contribution in [2.45, 2.75) is 13.0 Å². The summed E-state index contributed by atoms with van der Waals surface area (Å²) in [5.41, 5.74) is 0.552. The van der Waals surface area contributed by atoms with E-state index in [4.69, 9.17) is 9.47 Å². The first-order valence-electron chi connectivity index (χ1n) is 4.44. The van der Waals surface area contributed by atoms with Gasteiger partial charge in [-0.2, -0.15) is 0 Å². The molecule has 0 bridgehead atoms. The molecule has 0 heterocycles. The van der Waals surface area contributed by atoms with E-state index in [9.17, 15) is 4.39 Å². The van der Waals surface area contributed by atoms with E-state index in [2.05, 4.69) is 0 Å². The van der Waals surface area contributed by atoms with Crippen LogP contribution in [0.2, 0.25) is 0 Å². The molecular formula is C11H14FO2. The van der Waals surface area contributed by atoms with E-state index in [0.29, 0.717) is 5.56 Å². The number of benzene rings is 1. The number of hydrogen-bond acceptors (Lipinski definition) is 2. The Morgan fingerprint density at radius 1 is 1.43 bits per heavy atom. The molecular weight excluding hydrogens is 183 g/mol. The summed E-state index contributed by atoms with van der Waals surface area (Å²) in [5.74, 6) is -0.236. The van der Waals surface area contributed by atoms with Crippen LogP contribution in [0.3, 0.4) is 0 Å². The van der Waals surface area contributed by atoms with Gasteiger partial charge in [0.05, 0.1) is 6.10 Å². The highest BCUT2D eigenvalue weighted by Crippen LogP contribution is 2.12. The normalized spacial score (nSPS) is 12.8. The van der Waals surface area contributed by atoms with Crippen LogP contribution in [0.5, 0.6) is 0 Å². The zero-order chi connectivity index (χ0) is 10.4. The average molecular weight is 197 g/mol. The fourth-order valence-electron chi connectivity index (χ4n) is 1.09. The molecule has 0 N–H and O–H groups in total. The third kappa shape index (κ3) is 3.44. The van der Waals surface area contributed by atoms with Gasteiger partial charge in [0, 0.05) is 13.5 Å². The predicted octanol–water partition coefficient (Wildman–Crippen LogP) is 2.39. The molecule has 0 unspecified atom stereocenters. The quantitative estimate of drug-likeness (QED) is 0.675. The molecule has 0 aliphatic carbocycles. The van der Waals surface area contributed by atoms with E-state index in [1.165, 1.54) is 6.07 Å². The summed E-state index contributed by atoms with van der Waals surface area (Å²) in [6.07, 6.45) is 1.56. The van der Waals surface area contributed by atoms with Gasteiger partial charge >= 0.3 is 0 Å². The third-order valence-electron chi connectivity index (χ3n) is 1.77. The SMILES string of the molecule is COCO[C@@H](C)[CH]c1ccccc1F. The maximum absolute atomic E-state index is 13.2. The Hall–Kier alpha value is -0.930. The van der Waals surface area contributed by atoms with Crippen molar-refractivity contribution >= 4 is 0 Å². The molecule has 0 saturated carbocycles. The van der Waals surface area contributed by atoms with E-state index < -0.39 is 0 Å². The summed E-state index contributed by atoms with van der Waals surface area (Å²) >= 11 is 0. The molecule has 1 radical (unpaired) electrons. The standard InChI is InChI=1S/C11H14FO2/c1-9(14-8-13-2)7-10-5-3-4-6-11(10)12/h3-7,9H,8H2,1-2H3/t9-/m0/s1. The second-order valence-electron chi connectivity index (χ2n) is 2.97. The van der Waals surface area contributed by atoms with Crippen LogP contribution in [0.1, 0.15) is 12.5 Å². The molecule has 0 aliphatic rings. The molecule has 1 rings (SSSR count). The van der Waals surface area contributed by atoms with Gasteiger partial charge in [-0.1, -0.05) is 18.2 Å². The van der Waals surface area contributed by atoms with Crippen LogP contribution in [0.4, 0.5) is 4.39 Å². The van der Waals surface area contributed by atoms with E-state index in [1.807, 2.05) is 6.92 Å². The van der Waals surface area contributed by atoms with Crippen LogP contribution in [0.15, 0.2) is 24.3 Å². The van der Waals surface area contributed by atoms with E-state index in [1.54, 1.807) is 31.7 Å². The first kappa shape index (κ1) is 11.1. The molecule has 0 fully saturated rings. The minimum absolute atomic E-state index is 0.160. The lowest BCUT2D eigenvalue weighted by atomic mass is 10.1. The van der Waals surface area contributed by atoms with Gasteiger partial charge in [-0.25, -0.2) is 4.39 Å². The molecule has 0 saturated heterocycles. The number of methoxy groups -OCH3 is 1. The van der Waals surface area contributed by atoms with Crippen molar-refractivity contribution < 1.29 is 13.9 Å². The van der Waals surface area contributed by atoms with Gasteiger partial charge in [0.1, 0.15) is 12.6 Å². The van der Waals surface area contributed by atoms with Crippen LogP contribution in [0.25, 0.3) is 0 Å². The summed E-state index contributed by atoms with van der Waals surface area (Å²) in [7, 11) is 1.55. The highest BCUT2D eigenvalue weighted by Gasteiger charge is 2.07. The van der Waals surface area contributed by atoms with Crippen molar-refractivity contribution in [3.05, 3.63) is 42.1 Å². The molecule has 1 atom stereocenters. The molecule has 1 aromatic rings. The summed E-state index contributed by atoms with van der Waals surface area (Å²) < 4.78 is 23.1. The molecule has 1 aromatic carbocycles. The van der Waals surface area contributed by atoms with E-state index >= 15 is 0 Å². The van der Waals surface area contributed by atoms with Crippen LogP contribution >= 0.6 is 0 Å². The Labute approximate surface area is 83.6 Å². The van der Waals surface area contributed by atoms with Crippen LogP contribution in [-0.4, -0.2) is 20.0 Å². The Bertz CT molecular complexity index is 276. The number of halogens is 1. The van der Waals surface area contributed by atoms with Gasteiger partial charge in [0.15, 0.2) is 0 Å². The molecule has 14 heavy (non-hydrogen) atoms. The highest BCUT2D eigenvalue weighted by atomic mass is 19.1. The lowest BCUT2D eigenvalue weighted by molar-refractivity contribution is -0.0535. The Balaban J connectivity index is 2.47. The number of ether oxygens (including phenoxy) is 2. The smallest absolute Gasteiger partial charge is 0.146 e. The second kappa shape index (κ2) is 5.73. The molecule has 3 heteroatoms. The van der Waals surface area contributed by atoms with Crippen molar-refractivity contribution in [2.75, 3.05) is 13.9 Å². The molecule has 0 amide bonds. The zero-order valence-corrected chi connectivity index (χ0v) is 8.37. The Morgan fingerprint density at radius 3 is 2.79 bits per heavy atom. The van der Waals surface area contributed by atoms with Crippen LogP contribution in [0, 0.1) is 12.2 Å². The van der Waals surface area contributed by atoms with Crippen molar-refractivity contribution in [3.8, 4) is 0 Å². The van der Waals surface area contributed by atoms with Gasteiger partial charge in [-0.3, -0.25) is 0 Å². The minimum Gasteiger partial charge on any atom is -0.359 e. The maximum atomic E-state index is 13.2. The summed E-state index contributed by atoms with van der Waals surface area (Å²) in [4.78, 5) is 0. The lowest BCUT2D eigenvalue weighted by Gasteiger charge is -2.11. The first-order chi connectivity index (χ1) is 6.74. The molecule has 77 valence electrons. The topological polar surface area (TPSA) is 18.5 Å². The fourth-order valence-corrected chi connectivity index (χ4v) is 1.09. The largest absolute Gasteiger partial charge is 0.359 e. The molecule has 0 aromatic heterocycles. The van der Waals surface area contributed by atoms with Gasteiger partial charge < -0.3 is 9.47 Å². The van der Waals surface area contributed by atoms with Gasteiger partial charge in [0.25, 0.3) is 0 Å². The van der Waals surface area contributed by atoms with Crippen LogP contribution < -0.4 is 0 Å². The van der Waals surface area contributed by atoms with Crippen molar-refractivity contribution in [2.24, 2.45) is 0 Å². The number of rotatable bonds is 5. The molecule has 2 nitrogen and oxygen atoms in total. The summed E-state index contributed by atoms with van der Waals surface area (Å²) in [6, 6.07) is 6.59. The first-order valence-corrected chi connectivity index (χ1v) is 4.44.